The Morgan fingerprint density at radius 1 is 1.26 bits per heavy atom. The van der Waals surface area contributed by atoms with Gasteiger partial charge in [-0.2, -0.15) is 13.2 Å². The minimum atomic E-state index is -4.69. The number of ether oxygens (including phenoxy) is 1. The Labute approximate surface area is 211 Å². The number of fused-ring (bicyclic) bond motifs is 1. The Kier molecular flexibility index (Phi) is 5.99. The molecule has 1 aliphatic rings. The number of nitrogen functional groups attached to an aromatic ring is 1. The number of nitrogens with zero attached hydrogens (tertiary/aromatic N) is 6. The van der Waals surface area contributed by atoms with Crippen molar-refractivity contribution < 1.29 is 37.1 Å². The number of halogens is 3. The average Bonchev–Trinajstić information content (AvgIpc) is 3.52. The molecule has 2 amide bonds. The van der Waals surface area contributed by atoms with E-state index in [0.717, 1.165) is 12.4 Å². The van der Waals surface area contributed by atoms with Crippen molar-refractivity contribution in [3.05, 3.63) is 48.7 Å². The van der Waals surface area contributed by atoms with Crippen LogP contribution in [0.3, 0.4) is 0 Å². The number of anilines is 3. The van der Waals surface area contributed by atoms with Crippen LogP contribution in [0.2, 0.25) is 0 Å². The summed E-state index contributed by atoms with van der Waals surface area (Å²) in [7, 11) is 0. The first kappa shape index (κ1) is 25.1. The van der Waals surface area contributed by atoms with Gasteiger partial charge in [-0.3, -0.25) is 14.5 Å². The highest BCUT2D eigenvalue weighted by atomic mass is 19.4. The molecule has 1 fully saturated rings. The highest BCUT2D eigenvalue weighted by molar-refractivity contribution is 6.06. The minimum Gasteiger partial charge on any atom is -0.380 e. The van der Waals surface area contributed by atoms with Gasteiger partial charge in [0.1, 0.15) is 5.69 Å². The standard InChI is InChI=1S/C22H19F3N8O5/c1-21(16(34)18(35)29-11-2-3-13-14(8-11)38-31-17(13)26)20(36)32(6-7-37-21)15-4-5-33(30-15)12-9-27-19(28-10-12)22(23,24)25/h2-5,8-10,16,34H,6-7H2,1H3,(H2,26,31)(H,29,35)/t16?,21-/m1/s1. The molecule has 1 aromatic carbocycles. The molecule has 4 heterocycles. The van der Waals surface area contributed by atoms with Gasteiger partial charge >= 0.3 is 6.18 Å². The number of aliphatic hydroxyl groups is 1. The van der Waals surface area contributed by atoms with Gasteiger partial charge in [-0.25, -0.2) is 14.6 Å². The van der Waals surface area contributed by atoms with Gasteiger partial charge in [-0.1, -0.05) is 5.16 Å². The minimum absolute atomic E-state index is 0.0356. The van der Waals surface area contributed by atoms with Crippen molar-refractivity contribution in [3.8, 4) is 5.69 Å². The molecule has 0 aliphatic carbocycles. The first-order chi connectivity index (χ1) is 18.0. The lowest BCUT2D eigenvalue weighted by molar-refractivity contribution is -0.170. The summed E-state index contributed by atoms with van der Waals surface area (Å²) in [6.07, 6.45) is -3.33. The molecule has 2 atom stereocenters. The number of alkyl halides is 3. The normalized spacial score (nSPS) is 19.1. The number of hydrogen-bond donors (Lipinski definition) is 3. The molecular formula is C22H19F3N8O5. The molecule has 0 saturated carbocycles. The third-order valence-electron chi connectivity index (χ3n) is 5.93. The lowest BCUT2D eigenvalue weighted by atomic mass is 9.94. The molecule has 38 heavy (non-hydrogen) atoms. The van der Waals surface area contributed by atoms with E-state index in [-0.39, 0.29) is 36.2 Å². The van der Waals surface area contributed by atoms with Crippen LogP contribution >= 0.6 is 0 Å². The van der Waals surface area contributed by atoms with Crippen molar-refractivity contribution in [1.29, 1.82) is 0 Å². The average molecular weight is 532 g/mol. The van der Waals surface area contributed by atoms with E-state index in [1.54, 1.807) is 6.07 Å². The number of nitrogens with two attached hydrogens (primary N) is 1. The van der Waals surface area contributed by atoms with Crippen LogP contribution in [-0.4, -0.2) is 66.7 Å². The molecule has 198 valence electrons. The molecule has 1 saturated heterocycles. The Morgan fingerprint density at radius 2 is 2.00 bits per heavy atom. The molecule has 16 heteroatoms. The van der Waals surface area contributed by atoms with Gasteiger partial charge in [-0.15, -0.1) is 5.10 Å². The molecule has 0 radical (unpaired) electrons. The second kappa shape index (κ2) is 9.07. The lowest BCUT2D eigenvalue weighted by Crippen LogP contribution is -2.63. The predicted octanol–water partition coefficient (Wildman–Crippen LogP) is 1.53. The van der Waals surface area contributed by atoms with Crippen LogP contribution in [0.15, 0.2) is 47.4 Å². The number of hydrogen-bond acceptors (Lipinski definition) is 10. The number of benzene rings is 1. The van der Waals surface area contributed by atoms with Gasteiger partial charge in [-0.05, 0) is 19.1 Å². The Hall–Kier alpha value is -4.57. The van der Waals surface area contributed by atoms with Crippen LogP contribution in [0.25, 0.3) is 16.7 Å². The van der Waals surface area contributed by atoms with Crippen LogP contribution < -0.4 is 16.0 Å². The summed E-state index contributed by atoms with van der Waals surface area (Å²) in [4.78, 5) is 34.0. The first-order valence-corrected chi connectivity index (χ1v) is 11.0. The summed E-state index contributed by atoms with van der Waals surface area (Å²) in [6.45, 7) is 1.28. The molecule has 0 bridgehead atoms. The Bertz CT molecular complexity index is 1520. The number of nitrogens with one attached hydrogen (secondary N) is 1. The molecule has 4 aromatic rings. The summed E-state index contributed by atoms with van der Waals surface area (Å²) in [6, 6.07) is 5.99. The third kappa shape index (κ3) is 4.39. The van der Waals surface area contributed by atoms with Crippen molar-refractivity contribution in [2.45, 2.75) is 24.8 Å². The molecule has 5 rings (SSSR count). The Morgan fingerprint density at radius 3 is 2.71 bits per heavy atom. The zero-order valence-corrected chi connectivity index (χ0v) is 19.5. The summed E-state index contributed by atoms with van der Waals surface area (Å²) in [5.41, 5.74) is 4.41. The molecule has 0 spiro atoms. The maximum absolute atomic E-state index is 13.3. The van der Waals surface area contributed by atoms with Crippen LogP contribution in [0.5, 0.6) is 0 Å². The third-order valence-corrected chi connectivity index (χ3v) is 5.93. The molecule has 13 nitrogen and oxygen atoms in total. The van der Waals surface area contributed by atoms with Crippen molar-refractivity contribution in [1.82, 2.24) is 24.9 Å². The van der Waals surface area contributed by atoms with E-state index >= 15 is 0 Å². The Balaban J connectivity index is 1.32. The fraction of sp³-hybridized carbons (Fsp3) is 0.273. The van der Waals surface area contributed by atoms with Gasteiger partial charge in [0.15, 0.2) is 28.9 Å². The van der Waals surface area contributed by atoms with E-state index in [9.17, 15) is 27.9 Å². The zero-order valence-electron chi connectivity index (χ0n) is 19.5. The number of amides is 2. The summed E-state index contributed by atoms with van der Waals surface area (Å²) in [5, 5.41) is 21.7. The van der Waals surface area contributed by atoms with Crippen LogP contribution in [-0.2, 0) is 20.5 Å². The number of carbonyl (C=O) groups is 2. The monoisotopic (exact) mass is 532 g/mol. The quantitative estimate of drug-likeness (QED) is 0.342. The second-order valence-electron chi connectivity index (χ2n) is 8.46. The molecule has 1 unspecified atom stereocenters. The second-order valence-corrected chi connectivity index (χ2v) is 8.46. The largest absolute Gasteiger partial charge is 0.451 e. The molecule has 3 aromatic heterocycles. The summed E-state index contributed by atoms with van der Waals surface area (Å²) >= 11 is 0. The smallest absolute Gasteiger partial charge is 0.380 e. The van der Waals surface area contributed by atoms with Crippen molar-refractivity contribution >= 4 is 40.1 Å². The van der Waals surface area contributed by atoms with E-state index in [2.05, 4.69) is 25.5 Å². The summed E-state index contributed by atoms with van der Waals surface area (Å²) < 4.78 is 50.0. The van der Waals surface area contributed by atoms with Crippen LogP contribution in [0.1, 0.15) is 12.7 Å². The maximum Gasteiger partial charge on any atom is 0.451 e. The fourth-order valence-corrected chi connectivity index (χ4v) is 3.88. The van der Waals surface area contributed by atoms with Gasteiger partial charge in [0, 0.05) is 24.0 Å². The molecule has 4 N–H and O–H groups in total. The first-order valence-electron chi connectivity index (χ1n) is 11.0. The van der Waals surface area contributed by atoms with E-state index in [4.69, 9.17) is 15.0 Å². The SMILES string of the molecule is C[C@]1(C(O)C(=O)Nc2ccc3c(N)noc3c2)OCCN(c2ccn(-c3cnc(C(F)(F)F)nc3)n2)C1=O. The highest BCUT2D eigenvalue weighted by Gasteiger charge is 2.51. The van der Waals surface area contributed by atoms with E-state index in [1.807, 2.05) is 0 Å². The molecule has 1 aliphatic heterocycles. The van der Waals surface area contributed by atoms with Gasteiger partial charge in [0.25, 0.3) is 11.8 Å². The summed E-state index contributed by atoms with van der Waals surface area (Å²) in [5.74, 6) is -2.67. The number of aliphatic hydroxyl groups excluding tert-OH is 1. The highest BCUT2D eigenvalue weighted by Crippen LogP contribution is 2.29. The maximum atomic E-state index is 13.3. The topological polar surface area (TPSA) is 175 Å². The number of morpholine rings is 1. The molecular weight excluding hydrogens is 513 g/mol. The number of aromatic nitrogens is 5. The number of rotatable bonds is 5. The van der Waals surface area contributed by atoms with Gasteiger partial charge in [0.2, 0.25) is 5.82 Å². The van der Waals surface area contributed by atoms with Crippen LogP contribution in [0, 0.1) is 0 Å². The van der Waals surface area contributed by atoms with Gasteiger partial charge < -0.3 is 25.4 Å². The lowest BCUT2D eigenvalue weighted by Gasteiger charge is -2.40. The predicted molar refractivity (Wildman–Crippen MR) is 124 cm³/mol. The van der Waals surface area contributed by atoms with Crippen molar-refractivity contribution in [2.24, 2.45) is 0 Å². The fourth-order valence-electron chi connectivity index (χ4n) is 3.88. The van der Waals surface area contributed by atoms with E-state index < -0.39 is 35.5 Å². The van der Waals surface area contributed by atoms with Crippen LogP contribution in [0.4, 0.5) is 30.5 Å². The van der Waals surface area contributed by atoms with E-state index in [0.29, 0.717) is 11.0 Å². The number of carbonyl (C=O) groups excluding carboxylic acids is 2. The van der Waals surface area contributed by atoms with Gasteiger partial charge in [0.05, 0.1) is 30.9 Å². The van der Waals surface area contributed by atoms with E-state index in [1.165, 1.54) is 40.9 Å². The zero-order chi connectivity index (χ0) is 27.2. The van der Waals surface area contributed by atoms with Crippen molar-refractivity contribution in [3.63, 3.8) is 0 Å². The van der Waals surface area contributed by atoms with Crippen molar-refractivity contribution in [2.75, 3.05) is 29.1 Å².